The van der Waals surface area contributed by atoms with Gasteiger partial charge in [-0.2, -0.15) is 0 Å². The van der Waals surface area contributed by atoms with Crippen LogP contribution in [-0.2, 0) is 0 Å². The highest BCUT2D eigenvalue weighted by molar-refractivity contribution is 5.94. The average Bonchev–Trinajstić information content (AvgIpc) is 3.47. The maximum absolute atomic E-state index is 9.32. The van der Waals surface area contributed by atoms with Gasteiger partial charge in [0.1, 0.15) is 17.6 Å². The molecule has 0 atom stereocenters. The normalized spacial score (nSPS) is 12.7. The molecular formula is C22H24N6O. The van der Waals surface area contributed by atoms with Gasteiger partial charge in [-0.15, -0.1) is 12.8 Å². The van der Waals surface area contributed by atoms with Crippen LogP contribution in [-0.4, -0.2) is 45.2 Å². The van der Waals surface area contributed by atoms with Gasteiger partial charge >= 0.3 is 0 Å². The van der Waals surface area contributed by atoms with Crippen molar-refractivity contribution in [2.24, 2.45) is 0 Å². The van der Waals surface area contributed by atoms with E-state index in [-0.39, 0.29) is 0 Å². The van der Waals surface area contributed by atoms with Crippen LogP contribution in [0.2, 0.25) is 0 Å². The van der Waals surface area contributed by atoms with Gasteiger partial charge in [0.25, 0.3) is 0 Å². The minimum atomic E-state index is 0.301. The third-order valence-electron chi connectivity index (χ3n) is 4.74. The Morgan fingerprint density at radius 1 is 1.07 bits per heavy atom. The van der Waals surface area contributed by atoms with Gasteiger partial charge in [0.15, 0.2) is 11.5 Å². The van der Waals surface area contributed by atoms with Gasteiger partial charge in [-0.3, -0.25) is 0 Å². The lowest BCUT2D eigenvalue weighted by atomic mass is 10.1. The van der Waals surface area contributed by atoms with Crippen LogP contribution in [0, 0.1) is 12.8 Å². The van der Waals surface area contributed by atoms with Crippen LogP contribution in [0.4, 0.5) is 11.5 Å². The Morgan fingerprint density at radius 2 is 1.86 bits per heavy atom. The Morgan fingerprint density at radius 3 is 2.62 bits per heavy atom. The summed E-state index contributed by atoms with van der Waals surface area (Å²) >= 11 is 0. The molecule has 4 aromatic rings. The summed E-state index contributed by atoms with van der Waals surface area (Å²) in [5, 5.41) is 14.6. The van der Waals surface area contributed by atoms with Gasteiger partial charge in [0, 0.05) is 31.2 Å². The van der Waals surface area contributed by atoms with Crippen molar-refractivity contribution in [1.82, 2.24) is 19.9 Å². The number of aromatic hydroxyl groups is 1. The lowest BCUT2D eigenvalue weighted by Gasteiger charge is -2.15. The summed E-state index contributed by atoms with van der Waals surface area (Å²) in [7, 11) is 1.87. The zero-order chi connectivity index (χ0) is 20.6. The van der Waals surface area contributed by atoms with E-state index in [1.54, 1.807) is 24.8 Å². The van der Waals surface area contributed by atoms with Crippen molar-refractivity contribution in [1.29, 1.82) is 0 Å². The number of nitrogens with one attached hydrogen (secondary N) is 2. The summed E-state index contributed by atoms with van der Waals surface area (Å²) in [5.41, 5.74) is 2.74. The number of aromatic amines is 1. The smallest absolute Gasteiger partial charge is 0.182 e. The van der Waals surface area contributed by atoms with Crippen molar-refractivity contribution < 1.29 is 5.11 Å². The lowest BCUT2D eigenvalue weighted by molar-refractivity contribution is 0.476. The molecule has 1 aliphatic heterocycles. The molecule has 0 radical (unpaired) electrons. The van der Waals surface area contributed by atoms with E-state index in [9.17, 15) is 5.11 Å². The topological polar surface area (TPSA) is 90.0 Å². The maximum atomic E-state index is 9.32. The van der Waals surface area contributed by atoms with E-state index >= 15 is 0 Å². The molecule has 0 saturated carbocycles. The van der Waals surface area contributed by atoms with Crippen LogP contribution >= 0.6 is 0 Å². The average molecular weight is 388 g/mol. The van der Waals surface area contributed by atoms with Crippen LogP contribution in [0.1, 0.15) is 12.8 Å². The zero-order valence-electron chi connectivity index (χ0n) is 16.3. The van der Waals surface area contributed by atoms with Crippen molar-refractivity contribution in [3.63, 3.8) is 0 Å². The zero-order valence-corrected chi connectivity index (χ0v) is 16.3. The third kappa shape index (κ3) is 4.38. The fourth-order valence-corrected chi connectivity index (χ4v) is 3.40. The number of phenols is 1. The summed E-state index contributed by atoms with van der Waals surface area (Å²) in [6.45, 7) is 2.18. The first kappa shape index (κ1) is 20.0. The molecule has 148 valence electrons. The van der Waals surface area contributed by atoms with E-state index in [0.717, 1.165) is 46.5 Å². The predicted molar refractivity (Wildman–Crippen MR) is 118 cm³/mol. The second-order valence-electron chi connectivity index (χ2n) is 6.45. The van der Waals surface area contributed by atoms with E-state index in [1.807, 2.05) is 31.3 Å². The van der Waals surface area contributed by atoms with Crippen LogP contribution in [0.5, 0.6) is 5.75 Å². The minimum absolute atomic E-state index is 0.301. The first-order valence-electron chi connectivity index (χ1n) is 9.38. The molecule has 3 heterocycles. The minimum Gasteiger partial charge on any atom is -0.508 e. The van der Waals surface area contributed by atoms with Gasteiger partial charge in [-0.05, 0) is 36.4 Å². The number of aromatic nitrogens is 4. The number of phenolic OH excluding ortho intramolecular Hbond substituents is 1. The number of terminal acetylenes is 1. The Bertz CT molecular complexity index is 1100. The first-order valence-corrected chi connectivity index (χ1v) is 9.38. The molecule has 7 nitrogen and oxygen atoms in total. The highest BCUT2D eigenvalue weighted by Gasteiger charge is 2.17. The van der Waals surface area contributed by atoms with Crippen LogP contribution in [0.25, 0.3) is 21.9 Å². The van der Waals surface area contributed by atoms with Gasteiger partial charge in [-0.25, -0.2) is 15.0 Å². The quantitative estimate of drug-likeness (QED) is 0.453. The first-order chi connectivity index (χ1) is 14.3. The largest absolute Gasteiger partial charge is 0.508 e. The van der Waals surface area contributed by atoms with E-state index in [2.05, 4.69) is 43.0 Å². The molecular weight excluding hydrogens is 364 g/mol. The number of fused-ring (bicyclic) bond motifs is 2. The molecule has 2 aromatic heterocycles. The number of imidazole rings is 1. The summed E-state index contributed by atoms with van der Waals surface area (Å²) in [6.07, 6.45) is 13.7. The highest BCUT2D eigenvalue weighted by atomic mass is 16.3. The molecule has 1 saturated heterocycles. The molecule has 1 fully saturated rings. The number of hydrogen-bond donors (Lipinski definition) is 3. The molecule has 0 unspecified atom stereocenters. The van der Waals surface area contributed by atoms with Crippen LogP contribution in [0.15, 0.2) is 49.1 Å². The monoisotopic (exact) mass is 388 g/mol. The Kier molecular flexibility index (Phi) is 6.48. The number of benzene rings is 2. The molecule has 7 heteroatoms. The summed E-state index contributed by atoms with van der Waals surface area (Å²) in [5.74, 6) is 1.29. The fourth-order valence-electron chi connectivity index (χ4n) is 3.40. The van der Waals surface area contributed by atoms with Crippen molar-refractivity contribution in [3.8, 4) is 18.6 Å². The number of nitrogens with zero attached hydrogens (tertiary/aromatic N) is 4. The van der Waals surface area contributed by atoms with Crippen molar-refractivity contribution in [3.05, 3.63) is 49.1 Å². The van der Waals surface area contributed by atoms with Crippen molar-refractivity contribution in [2.75, 3.05) is 30.4 Å². The van der Waals surface area contributed by atoms with Crippen LogP contribution < -0.4 is 10.2 Å². The Balaban J connectivity index is 0.000000153. The molecule has 29 heavy (non-hydrogen) atoms. The van der Waals surface area contributed by atoms with E-state index < -0.39 is 0 Å². The molecule has 0 bridgehead atoms. The summed E-state index contributed by atoms with van der Waals surface area (Å²) < 4.78 is 0. The third-order valence-corrected chi connectivity index (χ3v) is 4.74. The number of hydrogen-bond acceptors (Lipinski definition) is 6. The molecule has 0 spiro atoms. The molecule has 3 N–H and O–H groups in total. The van der Waals surface area contributed by atoms with Crippen molar-refractivity contribution >= 4 is 33.4 Å². The molecule has 1 aliphatic rings. The Labute approximate surface area is 169 Å². The predicted octanol–water partition coefficient (Wildman–Crippen LogP) is 3.79. The number of anilines is 2. The van der Waals surface area contributed by atoms with Crippen LogP contribution in [0.3, 0.4) is 0 Å². The highest BCUT2D eigenvalue weighted by Crippen LogP contribution is 2.26. The second-order valence-corrected chi connectivity index (χ2v) is 6.45. The molecule has 0 aliphatic carbocycles. The molecule has 0 amide bonds. The summed E-state index contributed by atoms with van der Waals surface area (Å²) in [6, 6.07) is 11.4. The van der Waals surface area contributed by atoms with E-state index in [4.69, 9.17) is 0 Å². The second kappa shape index (κ2) is 9.42. The molecule has 2 aromatic carbocycles. The van der Waals surface area contributed by atoms with Gasteiger partial charge in [0.05, 0.1) is 6.33 Å². The molecule has 5 rings (SSSR count). The fraction of sp³-hybridized carbons (Fsp3) is 0.227. The van der Waals surface area contributed by atoms with E-state index in [0.29, 0.717) is 5.75 Å². The van der Waals surface area contributed by atoms with Gasteiger partial charge < -0.3 is 20.3 Å². The lowest BCUT2D eigenvalue weighted by Crippen LogP contribution is -2.19. The Hall–Kier alpha value is -3.79. The number of H-pyrrole nitrogens is 1. The van der Waals surface area contributed by atoms with E-state index in [1.165, 1.54) is 12.8 Å². The maximum Gasteiger partial charge on any atom is 0.182 e. The van der Waals surface area contributed by atoms with Crippen molar-refractivity contribution in [2.45, 2.75) is 12.8 Å². The SMILES string of the molecule is C#C.CNc1cccc2ccc(O)cc12.c1nc(N2CCCC2)c2[nH]cnc2n1. The summed E-state index contributed by atoms with van der Waals surface area (Å²) in [4.78, 5) is 17.9. The standard InChI is InChI=1S/C11H11NO.C9H11N5.C2H2/c1-12-11-4-2-3-8-5-6-9(13)7-10(8)11;1-2-4-14(3-1)9-7-8(11-5-10-7)12-6-13-9;1-2/h2-7,12-13H,1H3;5-6H,1-4H2,(H,10,11,12,13);1-2H. The van der Waals surface area contributed by atoms with Gasteiger partial charge in [-0.1, -0.05) is 18.2 Å². The van der Waals surface area contributed by atoms with Gasteiger partial charge in [0.2, 0.25) is 0 Å². The number of rotatable bonds is 2.